The summed E-state index contributed by atoms with van der Waals surface area (Å²) in [7, 11) is 0. The quantitative estimate of drug-likeness (QED) is 0.200. The van der Waals surface area contributed by atoms with Crippen LogP contribution in [0, 0.1) is 0 Å². The fourth-order valence-electron chi connectivity index (χ4n) is 4.98. The van der Waals surface area contributed by atoms with Gasteiger partial charge in [-0.2, -0.15) is 18.2 Å². The van der Waals surface area contributed by atoms with E-state index in [-0.39, 0.29) is 23.7 Å². The van der Waals surface area contributed by atoms with E-state index in [1.165, 1.54) is 22.8 Å². The van der Waals surface area contributed by atoms with Crippen molar-refractivity contribution in [1.29, 1.82) is 0 Å². The molecule has 0 radical (unpaired) electrons. The molecule has 10 heteroatoms. The van der Waals surface area contributed by atoms with Gasteiger partial charge in [-0.25, -0.2) is 4.98 Å². The Morgan fingerprint density at radius 3 is 2.36 bits per heavy atom. The van der Waals surface area contributed by atoms with Crippen molar-refractivity contribution in [3.63, 3.8) is 0 Å². The average molecular weight is 573 g/mol. The second-order valence-electron chi connectivity index (χ2n) is 9.89. The smallest absolute Gasteiger partial charge is 0.370 e. The summed E-state index contributed by atoms with van der Waals surface area (Å²) in [6.45, 7) is 3.98. The first-order chi connectivity index (χ1) is 20.3. The van der Waals surface area contributed by atoms with Gasteiger partial charge in [0.05, 0.1) is 12.1 Å². The van der Waals surface area contributed by atoms with Crippen molar-refractivity contribution in [3.8, 4) is 11.1 Å². The zero-order valence-corrected chi connectivity index (χ0v) is 23.1. The number of fused-ring (bicyclic) bond motifs is 1. The predicted molar refractivity (Wildman–Crippen MR) is 161 cm³/mol. The summed E-state index contributed by atoms with van der Waals surface area (Å²) in [6.07, 6.45) is -2.01. The number of pyridine rings is 1. The van der Waals surface area contributed by atoms with E-state index in [9.17, 15) is 18.0 Å². The van der Waals surface area contributed by atoms with Gasteiger partial charge in [0.25, 0.3) is 5.56 Å². The number of hydrogen-bond donors (Lipinski definition) is 2. The lowest BCUT2D eigenvalue weighted by Gasteiger charge is -2.23. The third-order valence-corrected chi connectivity index (χ3v) is 6.94. The third kappa shape index (κ3) is 6.28. The first kappa shape index (κ1) is 28.8. The minimum Gasteiger partial charge on any atom is -0.370 e. The number of nitrogens with one attached hydrogen (secondary N) is 1. The van der Waals surface area contributed by atoms with Crippen LogP contribution in [-0.4, -0.2) is 34.2 Å². The summed E-state index contributed by atoms with van der Waals surface area (Å²) in [5, 5.41) is 3.68. The number of hydrogen-bond acceptors (Lipinski definition) is 6. The molecule has 0 bridgehead atoms. The summed E-state index contributed by atoms with van der Waals surface area (Å²) in [4.78, 5) is 25.1. The molecule has 0 saturated heterocycles. The van der Waals surface area contributed by atoms with Crippen LogP contribution >= 0.6 is 0 Å². The van der Waals surface area contributed by atoms with E-state index >= 15 is 0 Å². The molecule has 5 aromatic rings. The van der Waals surface area contributed by atoms with E-state index in [0.29, 0.717) is 23.1 Å². The van der Waals surface area contributed by atoms with Crippen LogP contribution in [0.1, 0.15) is 24.5 Å². The third-order valence-electron chi connectivity index (χ3n) is 6.94. The highest BCUT2D eigenvalue weighted by molar-refractivity contribution is 5.82. The summed E-state index contributed by atoms with van der Waals surface area (Å²) in [6, 6.07) is 23.7. The maximum absolute atomic E-state index is 13.8. The lowest BCUT2D eigenvalue weighted by Crippen LogP contribution is -2.29. The maximum atomic E-state index is 13.8. The van der Waals surface area contributed by atoms with Gasteiger partial charge in [-0.3, -0.25) is 9.36 Å². The zero-order chi connectivity index (χ0) is 29.7. The van der Waals surface area contributed by atoms with Gasteiger partial charge in [0.2, 0.25) is 5.95 Å². The van der Waals surface area contributed by atoms with Gasteiger partial charge >= 0.3 is 6.18 Å². The number of halogens is 3. The Labute approximate surface area is 241 Å². The highest BCUT2D eigenvalue weighted by Crippen LogP contribution is 2.33. The van der Waals surface area contributed by atoms with Gasteiger partial charge in [0.1, 0.15) is 5.65 Å². The van der Waals surface area contributed by atoms with E-state index in [0.717, 1.165) is 37.0 Å². The normalized spacial score (nSPS) is 11.5. The molecular weight excluding hydrogens is 541 g/mol. The summed E-state index contributed by atoms with van der Waals surface area (Å²) < 4.78 is 42.8. The molecule has 0 aliphatic heterocycles. The van der Waals surface area contributed by atoms with Gasteiger partial charge < -0.3 is 16.0 Å². The molecule has 0 aliphatic rings. The Morgan fingerprint density at radius 2 is 1.67 bits per heavy atom. The van der Waals surface area contributed by atoms with E-state index in [4.69, 9.17) is 5.73 Å². The predicted octanol–water partition coefficient (Wildman–Crippen LogP) is 6.44. The number of anilines is 3. The van der Waals surface area contributed by atoms with Crippen LogP contribution in [-0.2, 0) is 12.7 Å². The number of nitrogens with two attached hydrogens (primary N) is 1. The zero-order valence-electron chi connectivity index (χ0n) is 23.1. The molecule has 5 rings (SSSR count). The second-order valence-corrected chi connectivity index (χ2v) is 9.89. The van der Waals surface area contributed by atoms with Crippen LogP contribution in [0.25, 0.3) is 22.2 Å². The molecular formula is C32H31F3N6O. The molecule has 7 nitrogen and oxygen atoms in total. The molecule has 0 aliphatic carbocycles. The number of rotatable bonds is 10. The molecule has 3 aromatic carbocycles. The Kier molecular flexibility index (Phi) is 8.53. The first-order valence-corrected chi connectivity index (χ1v) is 13.7. The summed E-state index contributed by atoms with van der Waals surface area (Å²) >= 11 is 0. The van der Waals surface area contributed by atoms with Gasteiger partial charge in [0.15, 0.2) is 0 Å². The molecule has 0 unspecified atom stereocenters. The van der Waals surface area contributed by atoms with Crippen molar-refractivity contribution < 1.29 is 13.2 Å². The first-order valence-electron chi connectivity index (χ1n) is 13.7. The summed E-state index contributed by atoms with van der Waals surface area (Å²) in [5.74, 6) is 0.215. The molecule has 0 atom stereocenters. The van der Waals surface area contributed by atoms with Crippen LogP contribution in [0.2, 0.25) is 0 Å². The average Bonchev–Trinajstić information content (AvgIpc) is 2.99. The molecule has 2 aromatic heterocycles. The number of nitrogens with zero attached hydrogens (tertiary/aromatic N) is 4. The summed E-state index contributed by atoms with van der Waals surface area (Å²) in [5.41, 5.74) is 7.48. The molecule has 3 N–H and O–H groups in total. The van der Waals surface area contributed by atoms with Crippen LogP contribution in [0.3, 0.4) is 0 Å². The monoisotopic (exact) mass is 572 g/mol. The maximum Gasteiger partial charge on any atom is 0.416 e. The van der Waals surface area contributed by atoms with Crippen LogP contribution in [0.5, 0.6) is 0 Å². The Bertz CT molecular complexity index is 1710. The molecule has 0 saturated carbocycles. The van der Waals surface area contributed by atoms with Crippen molar-refractivity contribution in [2.45, 2.75) is 26.1 Å². The number of aromatic nitrogens is 3. The SMILES string of the molecule is CCCN(CCN)c1ccc(Nc2ncc3cc(-c4ccccc4)c(=O)n(Cc4ccccc4C(F)(F)F)c3n2)cc1. The van der Waals surface area contributed by atoms with E-state index in [1.807, 2.05) is 30.3 Å². The van der Waals surface area contributed by atoms with Crippen molar-refractivity contribution in [2.24, 2.45) is 5.73 Å². The largest absolute Gasteiger partial charge is 0.416 e. The van der Waals surface area contributed by atoms with Crippen molar-refractivity contribution >= 4 is 28.4 Å². The fourth-order valence-corrected chi connectivity index (χ4v) is 4.98. The van der Waals surface area contributed by atoms with Crippen molar-refractivity contribution in [2.75, 3.05) is 29.9 Å². The number of benzene rings is 3. The highest BCUT2D eigenvalue weighted by Gasteiger charge is 2.33. The molecule has 2 heterocycles. The molecule has 0 spiro atoms. The van der Waals surface area contributed by atoms with Crippen molar-refractivity contribution in [1.82, 2.24) is 14.5 Å². The Balaban J connectivity index is 1.57. The lowest BCUT2D eigenvalue weighted by molar-refractivity contribution is -0.138. The van der Waals surface area contributed by atoms with Gasteiger partial charge in [0, 0.05) is 48.2 Å². The van der Waals surface area contributed by atoms with Gasteiger partial charge in [-0.05, 0) is 53.9 Å². The van der Waals surface area contributed by atoms with Crippen LogP contribution < -0.4 is 21.5 Å². The molecule has 0 amide bonds. The minimum atomic E-state index is -4.57. The van der Waals surface area contributed by atoms with E-state index < -0.39 is 17.3 Å². The van der Waals surface area contributed by atoms with E-state index in [2.05, 4.69) is 27.1 Å². The lowest BCUT2D eigenvalue weighted by atomic mass is 10.0. The Morgan fingerprint density at radius 1 is 0.952 bits per heavy atom. The highest BCUT2D eigenvalue weighted by atomic mass is 19.4. The molecule has 0 fully saturated rings. The van der Waals surface area contributed by atoms with E-state index in [1.54, 1.807) is 36.5 Å². The van der Waals surface area contributed by atoms with Crippen LogP contribution in [0.15, 0.2) is 95.9 Å². The number of alkyl halides is 3. The second kappa shape index (κ2) is 12.4. The fraction of sp³-hybridized carbons (Fsp3) is 0.219. The van der Waals surface area contributed by atoms with Crippen LogP contribution in [0.4, 0.5) is 30.5 Å². The topological polar surface area (TPSA) is 89.1 Å². The van der Waals surface area contributed by atoms with Gasteiger partial charge in [-0.1, -0.05) is 55.5 Å². The van der Waals surface area contributed by atoms with Gasteiger partial charge in [-0.15, -0.1) is 0 Å². The minimum absolute atomic E-state index is 0.0311. The molecule has 216 valence electrons. The molecule has 42 heavy (non-hydrogen) atoms. The standard InChI is InChI=1S/C32H31F3N6O/c1-2-17-40(18-16-36)26-14-12-25(13-15-26)38-31-37-20-24-19-27(22-8-4-3-5-9-22)30(42)41(29(24)39-31)21-23-10-6-7-11-28(23)32(33,34)35/h3-15,19-20H,2,16-18,21,36H2,1H3,(H,37,38,39). The Hall–Kier alpha value is -4.70. The van der Waals surface area contributed by atoms with Crippen molar-refractivity contribution in [3.05, 3.63) is 113 Å².